The highest BCUT2D eigenvalue weighted by atomic mass is 35.5. The molecule has 24 heavy (non-hydrogen) atoms. The van der Waals surface area contributed by atoms with Crippen molar-refractivity contribution >= 4 is 28.3 Å². The third kappa shape index (κ3) is 4.47. The lowest BCUT2D eigenvalue weighted by Crippen LogP contribution is -2.42. The van der Waals surface area contributed by atoms with Crippen LogP contribution in [0.5, 0.6) is 0 Å². The topological polar surface area (TPSA) is 83.7 Å². The van der Waals surface area contributed by atoms with Gasteiger partial charge in [0.1, 0.15) is 0 Å². The normalized spacial score (nSPS) is 16.3. The van der Waals surface area contributed by atoms with E-state index < -0.39 is 10.0 Å². The number of piperidine rings is 1. The van der Waals surface area contributed by atoms with Crippen LogP contribution in [0.2, 0.25) is 0 Å². The van der Waals surface area contributed by atoms with E-state index in [2.05, 4.69) is 0 Å². The number of sulfonamides is 1. The van der Waals surface area contributed by atoms with Crippen LogP contribution in [0, 0.1) is 0 Å². The molecule has 1 aliphatic rings. The van der Waals surface area contributed by atoms with E-state index in [4.69, 9.17) is 5.73 Å². The largest absolute Gasteiger partial charge is 0.339 e. The first-order valence-electron chi connectivity index (χ1n) is 7.86. The number of carbonyl (C=O) groups is 1. The molecule has 2 rings (SSSR count). The predicted octanol–water partition coefficient (Wildman–Crippen LogP) is 1.70. The van der Waals surface area contributed by atoms with Gasteiger partial charge >= 0.3 is 0 Å². The first kappa shape index (κ1) is 20.9. The van der Waals surface area contributed by atoms with Gasteiger partial charge in [-0.15, -0.1) is 12.4 Å². The lowest BCUT2D eigenvalue weighted by Gasteiger charge is -2.30. The second-order valence-electron chi connectivity index (χ2n) is 6.27. The molecule has 1 aliphatic heterocycles. The molecule has 2 N–H and O–H groups in total. The summed E-state index contributed by atoms with van der Waals surface area (Å²) in [5.74, 6) is -0.138. The molecule has 0 aliphatic carbocycles. The third-order valence-corrected chi connectivity index (χ3v) is 6.34. The molecule has 6 nitrogen and oxygen atoms in total. The molecule has 0 bridgehead atoms. The van der Waals surface area contributed by atoms with Gasteiger partial charge in [-0.05, 0) is 44.9 Å². The SMILES string of the molecule is CC(C)N(C)S(=O)(=O)c1cccc(C(=O)N2CCC(N)CC2)c1.Cl. The van der Waals surface area contributed by atoms with Crippen molar-refractivity contribution in [3.8, 4) is 0 Å². The summed E-state index contributed by atoms with van der Waals surface area (Å²) in [6.07, 6.45) is 1.56. The molecule has 0 atom stereocenters. The molecule has 0 radical (unpaired) electrons. The van der Waals surface area contributed by atoms with Gasteiger partial charge in [-0.25, -0.2) is 8.42 Å². The minimum atomic E-state index is -3.59. The minimum Gasteiger partial charge on any atom is -0.339 e. The Morgan fingerprint density at radius 2 is 1.88 bits per heavy atom. The zero-order chi connectivity index (χ0) is 17.2. The van der Waals surface area contributed by atoms with Crippen molar-refractivity contribution in [2.24, 2.45) is 5.73 Å². The van der Waals surface area contributed by atoms with Gasteiger partial charge in [0, 0.05) is 37.8 Å². The Bertz CT molecular complexity index is 671. The number of hydrogen-bond donors (Lipinski definition) is 1. The van der Waals surface area contributed by atoms with Gasteiger partial charge in [-0.1, -0.05) is 6.07 Å². The lowest BCUT2D eigenvalue weighted by atomic mass is 10.0. The van der Waals surface area contributed by atoms with Crippen molar-refractivity contribution in [1.29, 1.82) is 0 Å². The van der Waals surface area contributed by atoms with Gasteiger partial charge in [0.15, 0.2) is 0 Å². The maximum absolute atomic E-state index is 12.6. The van der Waals surface area contributed by atoms with Crippen LogP contribution in [0.3, 0.4) is 0 Å². The van der Waals surface area contributed by atoms with Gasteiger partial charge in [0.05, 0.1) is 4.90 Å². The van der Waals surface area contributed by atoms with Crippen LogP contribution in [-0.4, -0.2) is 55.8 Å². The molecule has 1 fully saturated rings. The first-order valence-corrected chi connectivity index (χ1v) is 9.30. The van der Waals surface area contributed by atoms with Crippen molar-refractivity contribution in [1.82, 2.24) is 9.21 Å². The summed E-state index contributed by atoms with van der Waals surface area (Å²) in [5, 5.41) is 0. The van der Waals surface area contributed by atoms with Crippen LogP contribution in [-0.2, 0) is 10.0 Å². The maximum Gasteiger partial charge on any atom is 0.253 e. The molecule has 1 aromatic rings. The van der Waals surface area contributed by atoms with Crippen LogP contribution < -0.4 is 5.73 Å². The first-order chi connectivity index (χ1) is 10.7. The molecule has 1 saturated heterocycles. The molecule has 0 aromatic heterocycles. The van der Waals surface area contributed by atoms with E-state index >= 15 is 0 Å². The summed E-state index contributed by atoms with van der Waals surface area (Å²) in [6, 6.07) is 6.26. The van der Waals surface area contributed by atoms with E-state index in [0.29, 0.717) is 18.7 Å². The fourth-order valence-electron chi connectivity index (χ4n) is 2.52. The van der Waals surface area contributed by atoms with Crippen LogP contribution in [0.4, 0.5) is 0 Å². The zero-order valence-corrected chi connectivity index (χ0v) is 15.9. The number of likely N-dealkylation sites (tertiary alicyclic amines) is 1. The molecule has 1 heterocycles. The Hall–Kier alpha value is -1.15. The quantitative estimate of drug-likeness (QED) is 0.868. The van der Waals surface area contributed by atoms with E-state index in [1.54, 1.807) is 24.1 Å². The van der Waals surface area contributed by atoms with Gasteiger partial charge < -0.3 is 10.6 Å². The average Bonchev–Trinajstić information content (AvgIpc) is 2.54. The number of benzene rings is 1. The van der Waals surface area contributed by atoms with Crippen molar-refractivity contribution < 1.29 is 13.2 Å². The van der Waals surface area contributed by atoms with Gasteiger partial charge in [0.25, 0.3) is 5.91 Å². The summed E-state index contributed by atoms with van der Waals surface area (Å²) < 4.78 is 26.4. The van der Waals surface area contributed by atoms with E-state index in [9.17, 15) is 13.2 Å². The highest BCUT2D eigenvalue weighted by molar-refractivity contribution is 7.89. The standard InChI is InChI=1S/C16H25N3O3S.ClH/c1-12(2)18(3)23(21,22)15-6-4-5-13(11-15)16(20)19-9-7-14(17)8-10-19;/h4-6,11-12,14H,7-10,17H2,1-3H3;1H. The molecular weight excluding hydrogens is 350 g/mol. The Labute approximate surface area is 150 Å². The number of amides is 1. The van der Waals surface area contributed by atoms with Crippen molar-refractivity contribution in [3.05, 3.63) is 29.8 Å². The average molecular weight is 376 g/mol. The molecule has 136 valence electrons. The Kier molecular flexibility index (Phi) is 7.22. The monoisotopic (exact) mass is 375 g/mol. The maximum atomic E-state index is 12.6. The van der Waals surface area contributed by atoms with E-state index in [0.717, 1.165) is 12.8 Å². The van der Waals surface area contributed by atoms with Gasteiger partial charge in [-0.2, -0.15) is 4.31 Å². The third-order valence-electron chi connectivity index (χ3n) is 4.31. The number of nitrogens with two attached hydrogens (primary N) is 1. The summed E-state index contributed by atoms with van der Waals surface area (Å²) in [5.41, 5.74) is 6.26. The molecule has 0 spiro atoms. The fourth-order valence-corrected chi connectivity index (χ4v) is 3.93. The van der Waals surface area contributed by atoms with E-state index in [1.807, 2.05) is 13.8 Å². The number of halogens is 1. The minimum absolute atomic E-state index is 0. The Morgan fingerprint density at radius 3 is 2.42 bits per heavy atom. The number of nitrogens with zero attached hydrogens (tertiary/aromatic N) is 2. The molecule has 0 unspecified atom stereocenters. The second kappa shape index (κ2) is 8.29. The number of hydrogen-bond acceptors (Lipinski definition) is 4. The van der Waals surface area contributed by atoms with E-state index in [1.165, 1.54) is 16.4 Å². The van der Waals surface area contributed by atoms with Gasteiger partial charge in [0.2, 0.25) is 10.0 Å². The second-order valence-corrected chi connectivity index (χ2v) is 8.27. The number of carbonyl (C=O) groups excluding carboxylic acids is 1. The Morgan fingerprint density at radius 1 is 1.29 bits per heavy atom. The number of rotatable bonds is 4. The molecular formula is C16H26ClN3O3S. The molecule has 1 amide bonds. The van der Waals surface area contributed by atoms with Crippen LogP contribution in [0.15, 0.2) is 29.2 Å². The van der Waals surface area contributed by atoms with E-state index in [-0.39, 0.29) is 35.3 Å². The highest BCUT2D eigenvalue weighted by Gasteiger charge is 2.26. The predicted molar refractivity (Wildman–Crippen MR) is 96.9 cm³/mol. The van der Waals surface area contributed by atoms with Crippen LogP contribution in [0.1, 0.15) is 37.0 Å². The fraction of sp³-hybridized carbons (Fsp3) is 0.562. The molecule has 0 saturated carbocycles. The summed E-state index contributed by atoms with van der Waals surface area (Å²) in [7, 11) is -2.05. The van der Waals surface area contributed by atoms with Crippen molar-refractivity contribution in [3.63, 3.8) is 0 Å². The summed E-state index contributed by atoms with van der Waals surface area (Å²) >= 11 is 0. The summed E-state index contributed by atoms with van der Waals surface area (Å²) in [4.78, 5) is 14.4. The molecule has 8 heteroatoms. The molecule has 1 aromatic carbocycles. The Balaban J connectivity index is 0.00000288. The van der Waals surface area contributed by atoms with Crippen LogP contribution in [0.25, 0.3) is 0 Å². The van der Waals surface area contributed by atoms with Crippen molar-refractivity contribution in [2.45, 2.75) is 43.7 Å². The van der Waals surface area contributed by atoms with Crippen LogP contribution >= 0.6 is 12.4 Å². The highest BCUT2D eigenvalue weighted by Crippen LogP contribution is 2.20. The van der Waals surface area contributed by atoms with Crippen molar-refractivity contribution in [2.75, 3.05) is 20.1 Å². The summed E-state index contributed by atoms with van der Waals surface area (Å²) in [6.45, 7) is 4.85. The smallest absolute Gasteiger partial charge is 0.253 e. The zero-order valence-electron chi connectivity index (χ0n) is 14.3. The lowest BCUT2D eigenvalue weighted by molar-refractivity contribution is 0.0714. The van der Waals surface area contributed by atoms with Gasteiger partial charge in [-0.3, -0.25) is 4.79 Å².